The van der Waals surface area contributed by atoms with Gasteiger partial charge in [-0.25, -0.2) is 4.79 Å². The lowest BCUT2D eigenvalue weighted by molar-refractivity contribution is 0.0698. The molecule has 0 spiro atoms. The standard InChI is InChI=1S/C14H28N2O2S/c1-11(2)5-4-6-12(3)16-13(17)15-9-14(18)7-8-19-10-14/h11-12,18H,4-10H2,1-3H3,(H2,15,16,17). The minimum absolute atomic E-state index is 0.164. The van der Waals surface area contributed by atoms with Crippen LogP contribution in [0.25, 0.3) is 0 Å². The Balaban J connectivity index is 2.12. The molecule has 4 nitrogen and oxygen atoms in total. The highest BCUT2D eigenvalue weighted by Crippen LogP contribution is 2.26. The highest BCUT2D eigenvalue weighted by molar-refractivity contribution is 7.99. The maximum absolute atomic E-state index is 11.7. The average molecular weight is 288 g/mol. The van der Waals surface area contributed by atoms with Crippen molar-refractivity contribution in [2.75, 3.05) is 18.1 Å². The fourth-order valence-corrected chi connectivity index (χ4v) is 3.45. The summed E-state index contributed by atoms with van der Waals surface area (Å²) < 4.78 is 0. The van der Waals surface area contributed by atoms with E-state index in [0.717, 1.165) is 36.7 Å². The smallest absolute Gasteiger partial charge is 0.315 e. The highest BCUT2D eigenvalue weighted by Gasteiger charge is 2.31. The van der Waals surface area contributed by atoms with Gasteiger partial charge in [0.2, 0.25) is 0 Å². The Labute approximate surface area is 121 Å². The Morgan fingerprint density at radius 2 is 2.11 bits per heavy atom. The third-order valence-corrected chi connectivity index (χ3v) is 4.69. The van der Waals surface area contributed by atoms with E-state index in [4.69, 9.17) is 0 Å². The molecule has 19 heavy (non-hydrogen) atoms. The number of aliphatic hydroxyl groups is 1. The Kier molecular flexibility index (Phi) is 7.00. The van der Waals surface area contributed by atoms with E-state index in [1.54, 1.807) is 11.8 Å². The minimum atomic E-state index is -0.705. The Hall–Kier alpha value is -0.420. The zero-order chi connectivity index (χ0) is 14.3. The van der Waals surface area contributed by atoms with E-state index in [-0.39, 0.29) is 12.1 Å². The summed E-state index contributed by atoms with van der Waals surface area (Å²) in [7, 11) is 0. The first kappa shape index (κ1) is 16.6. The summed E-state index contributed by atoms with van der Waals surface area (Å²) in [6.07, 6.45) is 4.11. The molecule has 5 heteroatoms. The van der Waals surface area contributed by atoms with Crippen molar-refractivity contribution in [2.24, 2.45) is 5.92 Å². The largest absolute Gasteiger partial charge is 0.387 e. The molecule has 1 aliphatic rings. The summed E-state index contributed by atoms with van der Waals surface area (Å²) in [5, 5.41) is 15.8. The van der Waals surface area contributed by atoms with Gasteiger partial charge in [-0.1, -0.05) is 26.7 Å². The number of hydrogen-bond acceptors (Lipinski definition) is 3. The number of rotatable bonds is 7. The van der Waals surface area contributed by atoms with Gasteiger partial charge in [-0.05, 0) is 31.4 Å². The number of hydrogen-bond donors (Lipinski definition) is 3. The van der Waals surface area contributed by atoms with Gasteiger partial charge in [-0.15, -0.1) is 0 Å². The van der Waals surface area contributed by atoms with Crippen LogP contribution in [0, 0.1) is 5.92 Å². The third-order valence-electron chi connectivity index (χ3n) is 3.46. The molecule has 1 heterocycles. The Morgan fingerprint density at radius 1 is 1.37 bits per heavy atom. The summed E-state index contributed by atoms with van der Waals surface area (Å²) in [5.74, 6) is 2.41. The second-order valence-electron chi connectivity index (χ2n) is 6.08. The van der Waals surface area contributed by atoms with Crippen LogP contribution in [0.3, 0.4) is 0 Å². The highest BCUT2D eigenvalue weighted by atomic mass is 32.2. The molecule has 0 aromatic rings. The predicted octanol–water partition coefficient (Wildman–Crippen LogP) is 2.37. The van der Waals surface area contributed by atoms with Crippen LogP contribution in [-0.2, 0) is 0 Å². The summed E-state index contributed by atoms with van der Waals surface area (Å²) in [6.45, 7) is 6.81. The van der Waals surface area contributed by atoms with Crippen LogP contribution in [0.5, 0.6) is 0 Å². The monoisotopic (exact) mass is 288 g/mol. The summed E-state index contributed by atoms with van der Waals surface area (Å²) in [6, 6.07) is 0.0220. The molecule has 1 rings (SSSR count). The van der Waals surface area contributed by atoms with Gasteiger partial charge in [0.15, 0.2) is 0 Å². The van der Waals surface area contributed by atoms with E-state index in [1.165, 1.54) is 6.42 Å². The number of carbonyl (C=O) groups is 1. The molecule has 1 saturated heterocycles. The van der Waals surface area contributed by atoms with Gasteiger partial charge in [0.1, 0.15) is 0 Å². The zero-order valence-electron chi connectivity index (χ0n) is 12.4. The van der Waals surface area contributed by atoms with Gasteiger partial charge in [-0.2, -0.15) is 11.8 Å². The molecule has 0 aliphatic carbocycles. The lowest BCUT2D eigenvalue weighted by atomic mass is 10.0. The van der Waals surface area contributed by atoms with Gasteiger partial charge in [0, 0.05) is 18.3 Å². The van der Waals surface area contributed by atoms with Crippen LogP contribution in [0.15, 0.2) is 0 Å². The van der Waals surface area contributed by atoms with Crippen molar-refractivity contribution < 1.29 is 9.90 Å². The molecule has 2 unspecified atom stereocenters. The van der Waals surface area contributed by atoms with Gasteiger partial charge >= 0.3 is 6.03 Å². The van der Waals surface area contributed by atoms with Gasteiger partial charge in [0.05, 0.1) is 5.60 Å². The molecule has 2 amide bonds. The third kappa shape index (κ3) is 7.06. The van der Waals surface area contributed by atoms with Crippen molar-refractivity contribution in [3.8, 4) is 0 Å². The van der Waals surface area contributed by atoms with Gasteiger partial charge in [-0.3, -0.25) is 0 Å². The second kappa shape index (κ2) is 8.00. The van der Waals surface area contributed by atoms with Crippen molar-refractivity contribution in [2.45, 2.75) is 58.1 Å². The molecule has 0 radical (unpaired) electrons. The number of thioether (sulfide) groups is 1. The molecule has 1 aliphatic heterocycles. The number of nitrogens with one attached hydrogen (secondary N) is 2. The molecule has 1 fully saturated rings. The van der Waals surface area contributed by atoms with Crippen LogP contribution in [-0.4, -0.2) is 40.8 Å². The first-order valence-corrected chi connectivity index (χ1v) is 8.41. The maximum atomic E-state index is 11.7. The molecule has 0 aromatic carbocycles. The summed E-state index contributed by atoms with van der Waals surface area (Å²) in [5.41, 5.74) is -0.705. The van der Waals surface area contributed by atoms with E-state index < -0.39 is 5.60 Å². The SMILES string of the molecule is CC(C)CCCC(C)NC(=O)NCC1(O)CCSC1. The Morgan fingerprint density at radius 3 is 2.68 bits per heavy atom. The van der Waals surface area contributed by atoms with Gasteiger partial charge < -0.3 is 15.7 Å². The first-order valence-electron chi connectivity index (χ1n) is 7.26. The summed E-state index contributed by atoms with van der Waals surface area (Å²) >= 11 is 1.74. The van der Waals surface area contributed by atoms with Crippen molar-refractivity contribution in [1.29, 1.82) is 0 Å². The zero-order valence-corrected chi connectivity index (χ0v) is 13.2. The van der Waals surface area contributed by atoms with E-state index in [1.807, 2.05) is 6.92 Å². The van der Waals surface area contributed by atoms with Crippen LogP contribution in [0.1, 0.15) is 46.5 Å². The number of amides is 2. The fraction of sp³-hybridized carbons (Fsp3) is 0.929. The van der Waals surface area contributed by atoms with Crippen LogP contribution in [0.2, 0.25) is 0 Å². The van der Waals surface area contributed by atoms with Crippen LogP contribution >= 0.6 is 11.8 Å². The van der Waals surface area contributed by atoms with Crippen molar-refractivity contribution in [1.82, 2.24) is 10.6 Å². The van der Waals surface area contributed by atoms with Crippen molar-refractivity contribution in [3.05, 3.63) is 0 Å². The molecule has 3 N–H and O–H groups in total. The quantitative estimate of drug-likeness (QED) is 0.674. The van der Waals surface area contributed by atoms with Crippen molar-refractivity contribution in [3.63, 3.8) is 0 Å². The van der Waals surface area contributed by atoms with E-state index in [2.05, 4.69) is 24.5 Å². The van der Waals surface area contributed by atoms with E-state index in [9.17, 15) is 9.90 Å². The second-order valence-corrected chi connectivity index (χ2v) is 7.18. The normalized spacial score (nSPS) is 24.5. The minimum Gasteiger partial charge on any atom is -0.387 e. The first-order chi connectivity index (χ1) is 8.91. The fourth-order valence-electron chi connectivity index (χ4n) is 2.16. The summed E-state index contributed by atoms with van der Waals surface area (Å²) in [4.78, 5) is 11.7. The van der Waals surface area contributed by atoms with Crippen molar-refractivity contribution >= 4 is 17.8 Å². The lowest BCUT2D eigenvalue weighted by Crippen LogP contribution is -2.48. The van der Waals surface area contributed by atoms with Crippen LogP contribution in [0.4, 0.5) is 4.79 Å². The molecular weight excluding hydrogens is 260 g/mol. The topological polar surface area (TPSA) is 61.4 Å². The van der Waals surface area contributed by atoms with E-state index >= 15 is 0 Å². The molecule has 0 bridgehead atoms. The number of carbonyl (C=O) groups excluding carboxylic acids is 1. The van der Waals surface area contributed by atoms with Crippen LogP contribution < -0.4 is 10.6 Å². The lowest BCUT2D eigenvalue weighted by Gasteiger charge is -2.22. The van der Waals surface area contributed by atoms with Gasteiger partial charge in [0.25, 0.3) is 0 Å². The molecular formula is C14H28N2O2S. The average Bonchev–Trinajstić information content (AvgIpc) is 2.74. The maximum Gasteiger partial charge on any atom is 0.315 e. The molecule has 112 valence electrons. The molecule has 2 atom stereocenters. The van der Waals surface area contributed by atoms with E-state index in [0.29, 0.717) is 6.54 Å². The number of urea groups is 1. The molecule has 0 saturated carbocycles. The predicted molar refractivity (Wildman–Crippen MR) is 81.6 cm³/mol. The molecule has 0 aromatic heterocycles. The Bertz CT molecular complexity index is 279.